The summed E-state index contributed by atoms with van der Waals surface area (Å²) >= 11 is 14.1. The molecule has 1 amide bonds. The van der Waals surface area contributed by atoms with E-state index in [0.717, 1.165) is 25.0 Å². The topological polar surface area (TPSA) is 133 Å². The van der Waals surface area contributed by atoms with Crippen molar-refractivity contribution in [1.29, 1.82) is 0 Å². The highest BCUT2D eigenvalue weighted by Gasteiger charge is 2.22. The molecule has 0 spiro atoms. The number of benzene rings is 2. The van der Waals surface area contributed by atoms with Gasteiger partial charge >= 0.3 is 0 Å². The Kier molecular flexibility index (Phi) is 11.1. The summed E-state index contributed by atoms with van der Waals surface area (Å²) in [6, 6.07) is 15.2. The van der Waals surface area contributed by atoms with Crippen LogP contribution < -0.4 is 25.7 Å². The number of aromatic nitrogens is 5. The Balaban J connectivity index is 1.21. The van der Waals surface area contributed by atoms with Crippen LogP contribution in [-0.4, -0.2) is 50.7 Å². The van der Waals surface area contributed by atoms with Crippen LogP contribution in [0, 0.1) is 0 Å². The molecule has 0 radical (unpaired) electrons. The molecular weight excluding hydrogens is 677 g/mol. The van der Waals surface area contributed by atoms with E-state index in [4.69, 9.17) is 42.6 Å². The van der Waals surface area contributed by atoms with Crippen molar-refractivity contribution in [3.05, 3.63) is 104 Å². The van der Waals surface area contributed by atoms with Crippen molar-refractivity contribution in [2.75, 3.05) is 14.2 Å². The second kappa shape index (κ2) is 15.8. The van der Waals surface area contributed by atoms with Crippen LogP contribution in [0.3, 0.4) is 0 Å². The molecule has 3 aromatic heterocycles. The number of ether oxygens (including phenoxy) is 2. The molecule has 6 rings (SSSR count). The molecule has 13 heteroatoms. The van der Waals surface area contributed by atoms with Gasteiger partial charge in [-0.3, -0.25) is 19.6 Å². The van der Waals surface area contributed by atoms with E-state index in [2.05, 4.69) is 20.6 Å². The van der Waals surface area contributed by atoms with Gasteiger partial charge in [-0.1, -0.05) is 65.7 Å². The quantitative estimate of drug-likeness (QED) is 0.147. The van der Waals surface area contributed by atoms with Crippen LogP contribution in [-0.2, 0) is 31.4 Å². The molecule has 0 saturated carbocycles. The number of halogens is 2. The van der Waals surface area contributed by atoms with Crippen molar-refractivity contribution in [1.82, 2.24) is 35.1 Å². The summed E-state index contributed by atoms with van der Waals surface area (Å²) < 4.78 is 12.7. The minimum Gasteiger partial charge on any atom is -0.480 e. The Morgan fingerprint density at radius 3 is 2.04 bits per heavy atom. The van der Waals surface area contributed by atoms with Crippen LogP contribution in [0.15, 0.2) is 71.9 Å². The molecule has 0 unspecified atom stereocenters. The molecule has 258 valence electrons. The Hall–Kier alpha value is -4.84. The van der Waals surface area contributed by atoms with Crippen molar-refractivity contribution < 1.29 is 14.3 Å². The summed E-state index contributed by atoms with van der Waals surface area (Å²) in [7, 11) is 4.83. The van der Waals surface area contributed by atoms with Gasteiger partial charge in [-0.15, -0.1) is 0 Å². The van der Waals surface area contributed by atoms with E-state index in [9.17, 15) is 9.59 Å². The predicted molar refractivity (Wildman–Crippen MR) is 193 cm³/mol. The molecule has 0 bridgehead atoms. The summed E-state index contributed by atoms with van der Waals surface area (Å²) in [6.45, 7) is 0.720. The Bertz CT molecular complexity index is 2090. The van der Waals surface area contributed by atoms with Gasteiger partial charge in [0, 0.05) is 66.6 Å². The van der Waals surface area contributed by atoms with Crippen molar-refractivity contribution in [2.45, 2.75) is 51.2 Å². The number of carbonyl (C=O) groups is 1. The summed E-state index contributed by atoms with van der Waals surface area (Å²) in [4.78, 5) is 42.6. The zero-order valence-corrected chi connectivity index (χ0v) is 29.5. The van der Waals surface area contributed by atoms with E-state index in [1.807, 2.05) is 42.5 Å². The zero-order valence-electron chi connectivity index (χ0n) is 28.0. The molecule has 11 nitrogen and oxygen atoms in total. The number of rotatable bonds is 13. The number of pyridine rings is 1. The van der Waals surface area contributed by atoms with E-state index in [1.54, 1.807) is 43.4 Å². The third-order valence-corrected chi connectivity index (χ3v) is 9.52. The first-order valence-electron chi connectivity index (χ1n) is 16.3. The fourth-order valence-corrected chi connectivity index (χ4v) is 6.71. The number of methoxy groups -OCH3 is 2. The Labute approximate surface area is 300 Å². The maximum atomic E-state index is 12.4. The third-order valence-electron chi connectivity index (χ3n) is 8.71. The smallest absolute Gasteiger partial charge is 0.254 e. The first-order chi connectivity index (χ1) is 24.3. The molecule has 4 heterocycles. The average Bonchev–Trinajstić information content (AvgIpc) is 3.55. The van der Waals surface area contributed by atoms with Crippen molar-refractivity contribution in [3.63, 3.8) is 0 Å². The molecule has 1 fully saturated rings. The Morgan fingerprint density at radius 1 is 0.840 bits per heavy atom. The Morgan fingerprint density at radius 2 is 1.44 bits per heavy atom. The predicted octanol–water partition coefficient (Wildman–Crippen LogP) is 6.18. The van der Waals surface area contributed by atoms with Gasteiger partial charge in [0.2, 0.25) is 17.7 Å². The van der Waals surface area contributed by atoms with Crippen molar-refractivity contribution >= 4 is 29.1 Å². The van der Waals surface area contributed by atoms with Gasteiger partial charge in [-0.25, -0.2) is 9.97 Å². The minimum absolute atomic E-state index is 0.0570. The normalized spacial score (nSPS) is 14.1. The van der Waals surface area contributed by atoms with Gasteiger partial charge in [0.15, 0.2) is 0 Å². The molecular formula is C37H37Cl2N7O4. The summed E-state index contributed by atoms with van der Waals surface area (Å²) in [5.74, 6) is 0.903. The largest absolute Gasteiger partial charge is 0.480 e. The summed E-state index contributed by atoms with van der Waals surface area (Å²) in [5.41, 5.74) is 5.81. The molecule has 1 aliphatic heterocycles. The van der Waals surface area contributed by atoms with E-state index < -0.39 is 0 Å². The first kappa shape index (κ1) is 35.0. The molecule has 2 N–H and O–H groups in total. The highest BCUT2D eigenvalue weighted by Crippen LogP contribution is 2.42. The SMILES string of the molecule is COc1nc(-c2cccc(-c3cccc(-c4cnc(CNCc5cccn(C)c5=O)c(OC)n4)c3Cl)c2Cl)cnc1CCC[C@@H]1CCC(=O)N1. The zero-order chi connectivity index (χ0) is 35.2. The van der Waals surface area contributed by atoms with Crippen LogP contribution in [0.1, 0.15) is 42.6 Å². The van der Waals surface area contributed by atoms with Crippen LogP contribution in [0.25, 0.3) is 33.6 Å². The third kappa shape index (κ3) is 7.65. The number of nitrogens with zero attached hydrogens (tertiary/aromatic N) is 5. The second-order valence-corrected chi connectivity index (χ2v) is 12.8. The lowest BCUT2D eigenvalue weighted by atomic mass is 9.98. The summed E-state index contributed by atoms with van der Waals surface area (Å²) in [5, 5.41) is 7.17. The number of nitrogens with one attached hydrogen (secondary N) is 2. The lowest BCUT2D eigenvalue weighted by Crippen LogP contribution is -2.25. The van der Waals surface area contributed by atoms with Gasteiger partial charge in [0.1, 0.15) is 11.4 Å². The molecule has 50 heavy (non-hydrogen) atoms. The van der Waals surface area contributed by atoms with Gasteiger partial charge in [0.25, 0.3) is 5.56 Å². The fourth-order valence-electron chi connectivity index (χ4n) is 6.06. The average molecular weight is 715 g/mol. The standard InChI is InChI=1S/C37H37Cl2N7O4/c1-46-17-7-8-22(37(46)48)18-40-19-31-36(50-3)45-30(21-42-31)27-13-6-11-25(34(27)39)24-10-5-12-26(33(24)38)29-20-41-28(35(44-29)49-2)14-4-9-23-15-16-32(47)43-23/h5-8,10-13,17,20-21,23,40H,4,9,14-16,18-19H2,1-3H3,(H,43,47)/t23-/m1/s1. The van der Waals surface area contributed by atoms with Crippen LogP contribution >= 0.6 is 23.2 Å². The van der Waals surface area contributed by atoms with Crippen LogP contribution in [0.2, 0.25) is 10.0 Å². The molecule has 1 aliphatic rings. The lowest BCUT2D eigenvalue weighted by Gasteiger charge is -2.15. The van der Waals surface area contributed by atoms with Gasteiger partial charge in [-0.05, 0) is 31.7 Å². The van der Waals surface area contributed by atoms with Gasteiger partial charge < -0.3 is 24.7 Å². The molecule has 1 atom stereocenters. The van der Waals surface area contributed by atoms with E-state index in [1.165, 1.54) is 7.11 Å². The highest BCUT2D eigenvalue weighted by molar-refractivity contribution is 6.39. The summed E-state index contributed by atoms with van der Waals surface area (Å²) in [6.07, 6.45) is 8.95. The minimum atomic E-state index is -0.0570. The van der Waals surface area contributed by atoms with Crippen LogP contribution in [0.5, 0.6) is 11.8 Å². The van der Waals surface area contributed by atoms with E-state index in [0.29, 0.717) is 92.6 Å². The molecule has 0 aliphatic carbocycles. The number of hydrogen-bond acceptors (Lipinski definition) is 9. The first-order valence-corrected chi connectivity index (χ1v) is 17.1. The highest BCUT2D eigenvalue weighted by atomic mass is 35.5. The van der Waals surface area contributed by atoms with Crippen molar-refractivity contribution in [3.8, 4) is 45.4 Å². The number of carbonyl (C=O) groups excluding carboxylic acids is 1. The van der Waals surface area contributed by atoms with Crippen molar-refractivity contribution in [2.24, 2.45) is 7.05 Å². The molecule has 5 aromatic rings. The maximum absolute atomic E-state index is 12.4. The second-order valence-electron chi connectivity index (χ2n) is 12.0. The number of amides is 1. The monoisotopic (exact) mass is 713 g/mol. The lowest BCUT2D eigenvalue weighted by molar-refractivity contribution is -0.119. The van der Waals surface area contributed by atoms with Gasteiger partial charge in [-0.2, -0.15) is 0 Å². The number of hydrogen-bond donors (Lipinski definition) is 2. The van der Waals surface area contributed by atoms with E-state index in [-0.39, 0.29) is 17.5 Å². The molecule has 2 aromatic carbocycles. The van der Waals surface area contributed by atoms with Crippen LogP contribution in [0.4, 0.5) is 0 Å². The van der Waals surface area contributed by atoms with Gasteiger partial charge in [0.05, 0.1) is 48.0 Å². The number of aryl methyl sites for hydroxylation is 2. The molecule has 1 saturated heterocycles. The van der Waals surface area contributed by atoms with E-state index >= 15 is 0 Å². The fraction of sp³-hybridized carbons (Fsp3) is 0.297. The maximum Gasteiger partial charge on any atom is 0.254 e.